The summed E-state index contributed by atoms with van der Waals surface area (Å²) in [5, 5.41) is 15.2. The molecule has 0 radical (unpaired) electrons. The second-order valence-corrected chi connectivity index (χ2v) is 6.07. The molecule has 0 amide bonds. The zero-order chi connectivity index (χ0) is 14.8. The van der Waals surface area contributed by atoms with E-state index in [-0.39, 0.29) is 12.0 Å². The molecule has 0 saturated heterocycles. The number of benzene rings is 1. The van der Waals surface area contributed by atoms with Crippen LogP contribution in [0, 0.1) is 5.92 Å². The number of aromatic nitrogens is 2. The van der Waals surface area contributed by atoms with E-state index in [4.69, 9.17) is 5.10 Å². The largest absolute Gasteiger partial charge is 0.388 e. The van der Waals surface area contributed by atoms with Crippen molar-refractivity contribution in [2.24, 2.45) is 5.92 Å². The summed E-state index contributed by atoms with van der Waals surface area (Å²) in [6.45, 7) is 4.40. The molecular formula is C18H24N2O. The maximum atomic E-state index is 10.5. The molecule has 3 rings (SSSR count). The second-order valence-electron chi connectivity index (χ2n) is 6.07. The van der Waals surface area contributed by atoms with Crippen molar-refractivity contribution < 1.29 is 5.11 Å². The lowest BCUT2D eigenvalue weighted by molar-refractivity contribution is 0.122. The highest BCUT2D eigenvalue weighted by Gasteiger charge is 2.31. The Kier molecular flexibility index (Phi) is 4.11. The van der Waals surface area contributed by atoms with Gasteiger partial charge in [0, 0.05) is 6.20 Å². The predicted molar refractivity (Wildman–Crippen MR) is 84.1 cm³/mol. The predicted octanol–water partition coefficient (Wildman–Crippen LogP) is 3.69. The fourth-order valence-electron chi connectivity index (χ4n) is 3.46. The Morgan fingerprint density at radius 3 is 2.71 bits per heavy atom. The van der Waals surface area contributed by atoms with Crippen LogP contribution in [0.5, 0.6) is 0 Å². The maximum Gasteiger partial charge on any atom is 0.0827 e. The quantitative estimate of drug-likeness (QED) is 0.909. The Bertz CT molecular complexity index is 601. The lowest BCUT2D eigenvalue weighted by Crippen LogP contribution is -2.12. The first kappa shape index (κ1) is 14.3. The molecule has 1 aliphatic rings. The lowest BCUT2D eigenvalue weighted by Gasteiger charge is -2.14. The Hall–Kier alpha value is -1.61. The van der Waals surface area contributed by atoms with Crippen molar-refractivity contribution in [3.8, 4) is 0 Å². The van der Waals surface area contributed by atoms with Gasteiger partial charge < -0.3 is 5.11 Å². The fourth-order valence-corrected chi connectivity index (χ4v) is 3.46. The molecule has 0 spiro atoms. The summed E-state index contributed by atoms with van der Waals surface area (Å²) in [4.78, 5) is 0. The van der Waals surface area contributed by atoms with Crippen LogP contribution < -0.4 is 0 Å². The fraction of sp³-hybridized carbons (Fsp3) is 0.500. The molecule has 3 heteroatoms. The summed E-state index contributed by atoms with van der Waals surface area (Å²) in [5.74, 6) is 0.257. The normalized spacial score (nSPS) is 21.0. The van der Waals surface area contributed by atoms with Crippen molar-refractivity contribution in [1.82, 2.24) is 9.78 Å². The molecule has 0 aliphatic heterocycles. The van der Waals surface area contributed by atoms with Crippen LogP contribution in [0.1, 0.15) is 55.7 Å². The number of aliphatic hydroxyl groups is 1. The standard InChI is InChI=1S/C18H24N2O/c1-3-16(4-2)20-10-9-15(19-20)12-14-11-13-7-5-6-8-17(13)18(14)21/h5-10,14,16,18,21H,3-4,11-12H2,1-2H3. The first-order valence-electron chi connectivity index (χ1n) is 8.02. The van der Waals surface area contributed by atoms with Gasteiger partial charge in [0.05, 0.1) is 17.8 Å². The second kappa shape index (κ2) is 6.02. The number of hydrogen-bond acceptors (Lipinski definition) is 2. The van der Waals surface area contributed by atoms with Gasteiger partial charge >= 0.3 is 0 Å². The van der Waals surface area contributed by atoms with E-state index in [1.807, 2.05) is 12.1 Å². The monoisotopic (exact) mass is 284 g/mol. The molecule has 0 fully saturated rings. The highest BCUT2D eigenvalue weighted by atomic mass is 16.3. The maximum absolute atomic E-state index is 10.5. The number of fused-ring (bicyclic) bond motifs is 1. The van der Waals surface area contributed by atoms with E-state index in [0.29, 0.717) is 6.04 Å². The minimum absolute atomic E-state index is 0.257. The summed E-state index contributed by atoms with van der Waals surface area (Å²) in [6, 6.07) is 10.8. The summed E-state index contributed by atoms with van der Waals surface area (Å²) in [7, 11) is 0. The van der Waals surface area contributed by atoms with Crippen LogP contribution in [0.3, 0.4) is 0 Å². The molecule has 1 heterocycles. The molecule has 0 bridgehead atoms. The van der Waals surface area contributed by atoms with E-state index in [1.54, 1.807) is 0 Å². The van der Waals surface area contributed by atoms with E-state index < -0.39 is 0 Å². The van der Waals surface area contributed by atoms with Gasteiger partial charge in [-0.05, 0) is 48.8 Å². The van der Waals surface area contributed by atoms with Crippen LogP contribution in [0.4, 0.5) is 0 Å². The number of nitrogens with zero attached hydrogens (tertiary/aromatic N) is 2. The van der Waals surface area contributed by atoms with Crippen molar-refractivity contribution in [2.75, 3.05) is 0 Å². The summed E-state index contributed by atoms with van der Waals surface area (Å²) in [6.07, 6.45) is 5.75. The van der Waals surface area contributed by atoms with Crippen molar-refractivity contribution >= 4 is 0 Å². The van der Waals surface area contributed by atoms with E-state index in [0.717, 1.165) is 36.9 Å². The molecule has 1 aromatic carbocycles. The molecule has 1 aliphatic carbocycles. The van der Waals surface area contributed by atoms with Crippen LogP contribution >= 0.6 is 0 Å². The molecule has 1 N–H and O–H groups in total. The Balaban J connectivity index is 1.71. The van der Waals surface area contributed by atoms with Gasteiger partial charge in [0.1, 0.15) is 0 Å². The third-order valence-corrected chi connectivity index (χ3v) is 4.75. The molecule has 2 unspecified atom stereocenters. The highest BCUT2D eigenvalue weighted by Crippen LogP contribution is 2.37. The molecule has 0 saturated carbocycles. The first-order chi connectivity index (χ1) is 10.2. The molecule has 112 valence electrons. The van der Waals surface area contributed by atoms with Gasteiger partial charge in [-0.3, -0.25) is 4.68 Å². The zero-order valence-electron chi connectivity index (χ0n) is 12.9. The summed E-state index contributed by atoms with van der Waals surface area (Å²) < 4.78 is 2.09. The first-order valence-corrected chi connectivity index (χ1v) is 8.02. The molecule has 1 aromatic heterocycles. The van der Waals surface area contributed by atoms with Crippen LogP contribution in [0.15, 0.2) is 36.5 Å². The van der Waals surface area contributed by atoms with E-state index in [2.05, 4.69) is 42.9 Å². The van der Waals surface area contributed by atoms with Gasteiger partial charge in [-0.1, -0.05) is 38.1 Å². The molecular weight excluding hydrogens is 260 g/mol. The SMILES string of the molecule is CCC(CC)n1ccc(CC2Cc3ccccc3C2O)n1. The molecule has 2 aromatic rings. The van der Waals surface area contributed by atoms with Gasteiger partial charge in [-0.2, -0.15) is 5.10 Å². The van der Waals surface area contributed by atoms with Gasteiger partial charge in [-0.15, -0.1) is 0 Å². The number of aliphatic hydroxyl groups excluding tert-OH is 1. The zero-order valence-corrected chi connectivity index (χ0v) is 12.9. The van der Waals surface area contributed by atoms with E-state index >= 15 is 0 Å². The number of rotatable bonds is 5. The molecule has 2 atom stereocenters. The Morgan fingerprint density at radius 2 is 2.00 bits per heavy atom. The van der Waals surface area contributed by atoms with Crippen LogP contribution in [0.2, 0.25) is 0 Å². The Labute approximate surface area is 126 Å². The van der Waals surface area contributed by atoms with Gasteiger partial charge in [0.25, 0.3) is 0 Å². The van der Waals surface area contributed by atoms with E-state index in [1.165, 1.54) is 5.56 Å². The lowest BCUT2D eigenvalue weighted by atomic mass is 9.98. The van der Waals surface area contributed by atoms with Crippen LogP contribution in [0.25, 0.3) is 0 Å². The van der Waals surface area contributed by atoms with Crippen LogP contribution in [-0.2, 0) is 12.8 Å². The smallest absolute Gasteiger partial charge is 0.0827 e. The van der Waals surface area contributed by atoms with Gasteiger partial charge in [-0.25, -0.2) is 0 Å². The molecule has 21 heavy (non-hydrogen) atoms. The third-order valence-electron chi connectivity index (χ3n) is 4.75. The van der Waals surface area contributed by atoms with Gasteiger partial charge in [0.2, 0.25) is 0 Å². The average molecular weight is 284 g/mol. The number of hydrogen-bond donors (Lipinski definition) is 1. The Morgan fingerprint density at radius 1 is 1.24 bits per heavy atom. The average Bonchev–Trinajstić information content (AvgIpc) is 3.08. The van der Waals surface area contributed by atoms with Crippen LogP contribution in [-0.4, -0.2) is 14.9 Å². The highest BCUT2D eigenvalue weighted by molar-refractivity contribution is 5.34. The minimum atomic E-state index is -0.348. The third kappa shape index (κ3) is 2.75. The topological polar surface area (TPSA) is 38.0 Å². The summed E-state index contributed by atoms with van der Waals surface area (Å²) >= 11 is 0. The van der Waals surface area contributed by atoms with Crippen molar-refractivity contribution in [2.45, 2.75) is 51.7 Å². The van der Waals surface area contributed by atoms with Crippen molar-refractivity contribution in [3.63, 3.8) is 0 Å². The van der Waals surface area contributed by atoms with Gasteiger partial charge in [0.15, 0.2) is 0 Å². The molecule has 3 nitrogen and oxygen atoms in total. The summed E-state index contributed by atoms with van der Waals surface area (Å²) in [5.41, 5.74) is 3.48. The van der Waals surface area contributed by atoms with Crippen molar-refractivity contribution in [1.29, 1.82) is 0 Å². The van der Waals surface area contributed by atoms with E-state index in [9.17, 15) is 5.11 Å². The van der Waals surface area contributed by atoms with Crippen molar-refractivity contribution in [3.05, 3.63) is 53.3 Å². The minimum Gasteiger partial charge on any atom is -0.388 e.